The number of amides is 1. The maximum atomic E-state index is 11.5. The maximum absolute atomic E-state index is 11.5. The summed E-state index contributed by atoms with van der Waals surface area (Å²) in [7, 11) is 0. The Labute approximate surface area is 110 Å². The third-order valence-electron chi connectivity index (χ3n) is 2.50. The van der Waals surface area contributed by atoms with Gasteiger partial charge in [0.05, 0.1) is 21.3 Å². The Hall–Kier alpha value is -1.46. The van der Waals surface area contributed by atoms with Gasteiger partial charge in [-0.25, -0.2) is 4.98 Å². The van der Waals surface area contributed by atoms with Crippen LogP contribution in [0.15, 0.2) is 24.3 Å². The summed E-state index contributed by atoms with van der Waals surface area (Å²) >= 11 is 1.62. The van der Waals surface area contributed by atoms with E-state index in [1.807, 2.05) is 24.3 Å². The molecule has 0 fully saturated rings. The highest BCUT2D eigenvalue weighted by molar-refractivity contribution is 7.18. The number of carbonyl (C=O) groups excluding carboxylic acids is 1. The van der Waals surface area contributed by atoms with Crippen LogP contribution < -0.4 is 5.32 Å². The molecular weight excluding hydrogens is 248 g/mol. The Morgan fingerprint density at radius 1 is 1.50 bits per heavy atom. The molecular formula is C13H16N2O2S. The van der Waals surface area contributed by atoms with Crippen molar-refractivity contribution in [1.82, 2.24) is 10.3 Å². The molecule has 0 bridgehead atoms. The molecule has 0 saturated heterocycles. The molecule has 1 aromatic heterocycles. The fraction of sp³-hybridized carbons (Fsp3) is 0.385. The number of para-hydroxylation sites is 1. The zero-order valence-corrected chi connectivity index (χ0v) is 11.0. The number of nitrogens with one attached hydrogen (secondary N) is 1. The van der Waals surface area contributed by atoms with Crippen molar-refractivity contribution >= 4 is 27.5 Å². The Balaban J connectivity index is 1.88. The minimum atomic E-state index is -0.503. The Bertz CT molecular complexity index is 504. The largest absolute Gasteiger partial charge is 0.392 e. The summed E-state index contributed by atoms with van der Waals surface area (Å²) in [4.78, 5) is 16.0. The molecule has 0 aliphatic heterocycles. The van der Waals surface area contributed by atoms with E-state index >= 15 is 0 Å². The standard InChI is InChI=1S/C13H16N2O2S/c1-9(16)8-14-12(17)6-7-13-15-10-4-2-3-5-11(10)18-13/h2-5,9,16H,6-8H2,1H3,(H,14,17)/t9-/m0/s1. The van der Waals surface area contributed by atoms with Crippen molar-refractivity contribution in [2.75, 3.05) is 6.54 Å². The molecule has 0 saturated carbocycles. The van der Waals surface area contributed by atoms with E-state index in [1.54, 1.807) is 18.3 Å². The van der Waals surface area contributed by atoms with E-state index in [2.05, 4.69) is 10.3 Å². The number of hydrogen-bond donors (Lipinski definition) is 2. The van der Waals surface area contributed by atoms with Crippen LogP contribution in [0.25, 0.3) is 10.2 Å². The summed E-state index contributed by atoms with van der Waals surface area (Å²) < 4.78 is 1.15. The summed E-state index contributed by atoms with van der Waals surface area (Å²) in [6.07, 6.45) is 0.550. The number of benzene rings is 1. The molecule has 1 amide bonds. The molecule has 0 spiro atoms. The van der Waals surface area contributed by atoms with Crippen molar-refractivity contribution in [3.63, 3.8) is 0 Å². The zero-order valence-electron chi connectivity index (χ0n) is 10.2. The number of carbonyl (C=O) groups is 1. The fourth-order valence-electron chi connectivity index (χ4n) is 1.60. The number of fused-ring (bicyclic) bond motifs is 1. The van der Waals surface area contributed by atoms with Crippen LogP contribution in [-0.4, -0.2) is 28.6 Å². The smallest absolute Gasteiger partial charge is 0.220 e. The predicted molar refractivity (Wildman–Crippen MR) is 72.6 cm³/mol. The second-order valence-electron chi connectivity index (χ2n) is 4.23. The molecule has 0 aliphatic carbocycles. The van der Waals surface area contributed by atoms with Crippen LogP contribution in [0.5, 0.6) is 0 Å². The molecule has 2 rings (SSSR count). The molecule has 0 aliphatic rings. The Morgan fingerprint density at radius 3 is 3.00 bits per heavy atom. The average Bonchev–Trinajstić information content (AvgIpc) is 2.76. The summed E-state index contributed by atoms with van der Waals surface area (Å²) in [6, 6.07) is 7.95. The van der Waals surface area contributed by atoms with E-state index in [1.165, 1.54) is 0 Å². The molecule has 2 aromatic rings. The number of rotatable bonds is 5. The first kappa shape index (κ1) is 13.0. The van der Waals surface area contributed by atoms with Gasteiger partial charge in [-0.3, -0.25) is 4.79 Å². The van der Waals surface area contributed by atoms with Gasteiger partial charge in [0.25, 0.3) is 0 Å². The summed E-state index contributed by atoms with van der Waals surface area (Å²) in [5.41, 5.74) is 0.988. The quantitative estimate of drug-likeness (QED) is 0.864. The molecule has 4 nitrogen and oxygen atoms in total. The van der Waals surface area contributed by atoms with E-state index in [9.17, 15) is 4.79 Å². The number of nitrogens with zero attached hydrogens (tertiary/aromatic N) is 1. The second kappa shape index (κ2) is 5.93. The van der Waals surface area contributed by atoms with E-state index in [-0.39, 0.29) is 5.91 Å². The Morgan fingerprint density at radius 2 is 2.28 bits per heavy atom. The average molecular weight is 264 g/mol. The number of aliphatic hydroxyl groups excluding tert-OH is 1. The molecule has 0 radical (unpaired) electrons. The van der Waals surface area contributed by atoms with Crippen LogP contribution in [0.2, 0.25) is 0 Å². The maximum Gasteiger partial charge on any atom is 0.220 e. The first-order chi connectivity index (χ1) is 8.65. The van der Waals surface area contributed by atoms with Crippen molar-refractivity contribution < 1.29 is 9.90 Å². The molecule has 1 atom stereocenters. The molecule has 1 aromatic carbocycles. The highest BCUT2D eigenvalue weighted by atomic mass is 32.1. The normalized spacial score (nSPS) is 12.6. The second-order valence-corrected chi connectivity index (χ2v) is 5.34. The van der Waals surface area contributed by atoms with Gasteiger partial charge in [0.1, 0.15) is 0 Å². The van der Waals surface area contributed by atoms with E-state index < -0.39 is 6.10 Å². The van der Waals surface area contributed by atoms with E-state index in [4.69, 9.17) is 5.11 Å². The SMILES string of the molecule is C[C@H](O)CNC(=O)CCc1nc2ccccc2s1. The topological polar surface area (TPSA) is 62.2 Å². The third kappa shape index (κ3) is 3.51. The lowest BCUT2D eigenvalue weighted by atomic mass is 10.3. The predicted octanol–water partition coefficient (Wildman–Crippen LogP) is 1.73. The van der Waals surface area contributed by atoms with Gasteiger partial charge in [-0.05, 0) is 19.1 Å². The zero-order chi connectivity index (χ0) is 13.0. The summed E-state index contributed by atoms with van der Waals surface area (Å²) in [5, 5.41) is 12.7. The Kier molecular flexibility index (Phi) is 4.28. The highest BCUT2D eigenvalue weighted by Gasteiger charge is 2.07. The lowest BCUT2D eigenvalue weighted by Gasteiger charge is -2.05. The lowest BCUT2D eigenvalue weighted by Crippen LogP contribution is -2.30. The number of thiazole rings is 1. The van der Waals surface area contributed by atoms with Gasteiger partial charge in [0, 0.05) is 19.4 Å². The number of hydrogen-bond acceptors (Lipinski definition) is 4. The fourth-order valence-corrected chi connectivity index (χ4v) is 2.56. The number of aryl methyl sites for hydroxylation is 1. The molecule has 2 N–H and O–H groups in total. The molecule has 96 valence electrons. The molecule has 0 unspecified atom stereocenters. The molecule has 1 heterocycles. The first-order valence-corrected chi connectivity index (χ1v) is 6.76. The van der Waals surface area contributed by atoms with Crippen LogP contribution in [0.3, 0.4) is 0 Å². The van der Waals surface area contributed by atoms with Gasteiger partial charge in [0.15, 0.2) is 0 Å². The van der Waals surface area contributed by atoms with Crippen molar-refractivity contribution in [2.24, 2.45) is 0 Å². The van der Waals surface area contributed by atoms with Crippen LogP contribution in [-0.2, 0) is 11.2 Å². The first-order valence-electron chi connectivity index (χ1n) is 5.94. The van der Waals surface area contributed by atoms with Gasteiger partial charge >= 0.3 is 0 Å². The van der Waals surface area contributed by atoms with E-state index in [0.29, 0.717) is 19.4 Å². The van der Waals surface area contributed by atoms with Crippen molar-refractivity contribution in [1.29, 1.82) is 0 Å². The van der Waals surface area contributed by atoms with Gasteiger partial charge in [-0.15, -0.1) is 11.3 Å². The van der Waals surface area contributed by atoms with Gasteiger partial charge in [-0.1, -0.05) is 12.1 Å². The summed E-state index contributed by atoms with van der Waals surface area (Å²) in [6.45, 7) is 1.95. The van der Waals surface area contributed by atoms with Gasteiger partial charge < -0.3 is 10.4 Å². The minimum Gasteiger partial charge on any atom is -0.392 e. The lowest BCUT2D eigenvalue weighted by molar-refractivity contribution is -0.121. The van der Waals surface area contributed by atoms with Crippen LogP contribution in [0, 0.1) is 0 Å². The highest BCUT2D eigenvalue weighted by Crippen LogP contribution is 2.22. The van der Waals surface area contributed by atoms with Crippen LogP contribution in [0.1, 0.15) is 18.4 Å². The number of aliphatic hydroxyl groups is 1. The molecule has 18 heavy (non-hydrogen) atoms. The van der Waals surface area contributed by atoms with Crippen molar-refractivity contribution in [3.05, 3.63) is 29.3 Å². The van der Waals surface area contributed by atoms with Crippen LogP contribution in [0.4, 0.5) is 0 Å². The summed E-state index contributed by atoms with van der Waals surface area (Å²) in [5.74, 6) is -0.0462. The van der Waals surface area contributed by atoms with Crippen molar-refractivity contribution in [3.8, 4) is 0 Å². The monoisotopic (exact) mass is 264 g/mol. The molecule has 5 heteroatoms. The third-order valence-corrected chi connectivity index (χ3v) is 3.59. The van der Waals surface area contributed by atoms with Crippen molar-refractivity contribution in [2.45, 2.75) is 25.9 Å². The van der Waals surface area contributed by atoms with Gasteiger partial charge in [-0.2, -0.15) is 0 Å². The van der Waals surface area contributed by atoms with Crippen LogP contribution >= 0.6 is 11.3 Å². The number of aromatic nitrogens is 1. The van der Waals surface area contributed by atoms with E-state index in [0.717, 1.165) is 15.2 Å². The van der Waals surface area contributed by atoms with Gasteiger partial charge in [0.2, 0.25) is 5.91 Å². The minimum absolute atomic E-state index is 0.0462.